The highest BCUT2D eigenvalue weighted by Crippen LogP contribution is 2.29. The average Bonchev–Trinajstić information content (AvgIpc) is 2.43. The molecule has 0 radical (unpaired) electrons. The van der Waals surface area contributed by atoms with Crippen LogP contribution in [-0.4, -0.2) is 6.54 Å². The Hall–Kier alpha value is -1.87. The third kappa shape index (κ3) is 3.36. The van der Waals surface area contributed by atoms with Gasteiger partial charge in [-0.3, -0.25) is 0 Å². The van der Waals surface area contributed by atoms with E-state index in [1.54, 1.807) is 18.2 Å². The highest BCUT2D eigenvalue weighted by Gasteiger charge is 2.17. The molecule has 0 fully saturated rings. The fourth-order valence-electron chi connectivity index (χ4n) is 2.23. The van der Waals surface area contributed by atoms with Gasteiger partial charge in [-0.25, -0.2) is 4.39 Å². The summed E-state index contributed by atoms with van der Waals surface area (Å²) in [5.41, 5.74) is 9.03. The number of nitrogens with two attached hydrogens (primary N) is 1. The predicted octanol–water partition coefficient (Wildman–Crippen LogP) is 3.91. The van der Waals surface area contributed by atoms with Crippen molar-refractivity contribution in [3.05, 3.63) is 65.0 Å². The molecule has 0 bridgehead atoms. The maximum Gasteiger partial charge on any atom is 0.165 e. The second-order valence-electron chi connectivity index (χ2n) is 4.97. The van der Waals surface area contributed by atoms with Gasteiger partial charge in [-0.05, 0) is 43.7 Å². The lowest BCUT2D eigenvalue weighted by molar-refractivity contribution is 0.188. The van der Waals surface area contributed by atoms with Gasteiger partial charge in [0, 0.05) is 6.42 Å². The SMILES string of the molecule is Cc1ccc(C)c(C(CCN)Oc2ccccc2F)c1. The van der Waals surface area contributed by atoms with E-state index in [1.165, 1.54) is 6.07 Å². The second kappa shape index (κ2) is 6.53. The topological polar surface area (TPSA) is 35.2 Å². The van der Waals surface area contributed by atoms with Crippen molar-refractivity contribution in [1.82, 2.24) is 0 Å². The van der Waals surface area contributed by atoms with E-state index in [0.717, 1.165) is 16.7 Å². The molecule has 0 aliphatic heterocycles. The Kier molecular flexibility index (Phi) is 4.74. The first-order chi connectivity index (χ1) is 9.61. The van der Waals surface area contributed by atoms with Crippen LogP contribution in [0.1, 0.15) is 29.2 Å². The fraction of sp³-hybridized carbons (Fsp3) is 0.294. The zero-order valence-electron chi connectivity index (χ0n) is 11.9. The van der Waals surface area contributed by atoms with Crippen molar-refractivity contribution in [2.45, 2.75) is 26.4 Å². The molecule has 0 saturated carbocycles. The predicted molar refractivity (Wildman–Crippen MR) is 79.4 cm³/mol. The average molecular weight is 273 g/mol. The standard InChI is InChI=1S/C17H20FNO/c1-12-7-8-13(2)14(11-12)16(9-10-19)20-17-6-4-3-5-15(17)18/h3-8,11,16H,9-10,19H2,1-2H3. The quantitative estimate of drug-likeness (QED) is 0.896. The Morgan fingerprint density at radius 2 is 1.90 bits per heavy atom. The number of ether oxygens (including phenoxy) is 1. The number of hydrogen-bond acceptors (Lipinski definition) is 2. The molecule has 2 N–H and O–H groups in total. The molecule has 1 unspecified atom stereocenters. The monoisotopic (exact) mass is 273 g/mol. The number of halogens is 1. The van der Waals surface area contributed by atoms with E-state index < -0.39 is 0 Å². The largest absolute Gasteiger partial charge is 0.483 e. The summed E-state index contributed by atoms with van der Waals surface area (Å²) in [5, 5.41) is 0. The molecular formula is C17H20FNO. The summed E-state index contributed by atoms with van der Waals surface area (Å²) < 4.78 is 19.6. The molecule has 106 valence electrons. The minimum absolute atomic E-state index is 0.225. The smallest absolute Gasteiger partial charge is 0.165 e. The molecule has 0 heterocycles. The van der Waals surface area contributed by atoms with Crippen LogP contribution >= 0.6 is 0 Å². The summed E-state index contributed by atoms with van der Waals surface area (Å²) in [6.07, 6.45) is 0.426. The lowest BCUT2D eigenvalue weighted by Gasteiger charge is -2.21. The van der Waals surface area contributed by atoms with Gasteiger partial charge >= 0.3 is 0 Å². The van der Waals surface area contributed by atoms with Crippen molar-refractivity contribution in [3.8, 4) is 5.75 Å². The Morgan fingerprint density at radius 1 is 1.15 bits per heavy atom. The fourth-order valence-corrected chi connectivity index (χ4v) is 2.23. The highest BCUT2D eigenvalue weighted by atomic mass is 19.1. The van der Waals surface area contributed by atoms with Crippen LogP contribution in [-0.2, 0) is 0 Å². The number of hydrogen-bond donors (Lipinski definition) is 1. The maximum atomic E-state index is 13.7. The molecule has 0 amide bonds. The molecule has 1 atom stereocenters. The van der Waals surface area contributed by atoms with Crippen molar-refractivity contribution in [1.29, 1.82) is 0 Å². The molecule has 0 saturated heterocycles. The third-order valence-corrected chi connectivity index (χ3v) is 3.32. The molecule has 2 nitrogen and oxygen atoms in total. The van der Waals surface area contributed by atoms with E-state index in [-0.39, 0.29) is 17.7 Å². The van der Waals surface area contributed by atoms with Crippen LogP contribution in [0.2, 0.25) is 0 Å². The van der Waals surface area contributed by atoms with E-state index in [0.29, 0.717) is 13.0 Å². The van der Waals surface area contributed by atoms with Gasteiger partial charge in [0.25, 0.3) is 0 Å². The summed E-state index contributed by atoms with van der Waals surface area (Å²) in [6, 6.07) is 12.7. The van der Waals surface area contributed by atoms with E-state index in [1.807, 2.05) is 13.8 Å². The van der Waals surface area contributed by atoms with E-state index in [4.69, 9.17) is 10.5 Å². The third-order valence-electron chi connectivity index (χ3n) is 3.32. The minimum atomic E-state index is -0.347. The Bertz CT molecular complexity index is 583. The Morgan fingerprint density at radius 3 is 2.60 bits per heavy atom. The zero-order valence-corrected chi connectivity index (χ0v) is 11.9. The zero-order chi connectivity index (χ0) is 14.5. The van der Waals surface area contributed by atoms with Crippen LogP contribution in [0.4, 0.5) is 4.39 Å². The molecule has 20 heavy (non-hydrogen) atoms. The lowest BCUT2D eigenvalue weighted by Crippen LogP contribution is -2.15. The van der Waals surface area contributed by atoms with E-state index in [9.17, 15) is 4.39 Å². The van der Waals surface area contributed by atoms with Crippen LogP contribution in [0.25, 0.3) is 0 Å². The van der Waals surface area contributed by atoms with E-state index >= 15 is 0 Å². The summed E-state index contributed by atoms with van der Waals surface area (Å²) >= 11 is 0. The van der Waals surface area contributed by atoms with Gasteiger partial charge in [-0.15, -0.1) is 0 Å². The molecule has 2 aromatic rings. The number of aryl methyl sites for hydroxylation is 2. The molecule has 0 spiro atoms. The first kappa shape index (κ1) is 14.5. The summed E-state index contributed by atoms with van der Waals surface area (Å²) in [7, 11) is 0. The van der Waals surface area contributed by atoms with Crippen LogP contribution < -0.4 is 10.5 Å². The van der Waals surface area contributed by atoms with Crippen LogP contribution in [0.5, 0.6) is 5.75 Å². The first-order valence-corrected chi connectivity index (χ1v) is 6.80. The normalized spacial score (nSPS) is 12.2. The van der Waals surface area contributed by atoms with Gasteiger partial charge in [0.15, 0.2) is 11.6 Å². The Balaban J connectivity index is 2.32. The van der Waals surface area contributed by atoms with Crippen molar-refractivity contribution in [3.63, 3.8) is 0 Å². The van der Waals surface area contributed by atoms with Gasteiger partial charge in [-0.2, -0.15) is 0 Å². The molecular weight excluding hydrogens is 253 g/mol. The summed E-state index contributed by atoms with van der Waals surface area (Å²) in [4.78, 5) is 0. The highest BCUT2D eigenvalue weighted by molar-refractivity contribution is 5.34. The lowest BCUT2D eigenvalue weighted by atomic mass is 9.98. The van der Waals surface area contributed by atoms with Gasteiger partial charge < -0.3 is 10.5 Å². The van der Waals surface area contributed by atoms with Gasteiger partial charge in [0.1, 0.15) is 6.10 Å². The van der Waals surface area contributed by atoms with Crippen LogP contribution in [0.3, 0.4) is 0 Å². The molecule has 0 aliphatic rings. The van der Waals surface area contributed by atoms with Crippen molar-refractivity contribution in [2.24, 2.45) is 5.73 Å². The number of benzene rings is 2. The molecule has 0 aromatic heterocycles. The molecule has 3 heteroatoms. The summed E-state index contributed by atoms with van der Waals surface area (Å²) in [6.45, 7) is 4.56. The van der Waals surface area contributed by atoms with Crippen molar-refractivity contribution in [2.75, 3.05) is 6.54 Å². The van der Waals surface area contributed by atoms with Crippen molar-refractivity contribution >= 4 is 0 Å². The van der Waals surface area contributed by atoms with Gasteiger partial charge in [-0.1, -0.05) is 35.9 Å². The maximum absolute atomic E-state index is 13.7. The van der Waals surface area contributed by atoms with Crippen LogP contribution in [0, 0.1) is 19.7 Å². The molecule has 2 aromatic carbocycles. The van der Waals surface area contributed by atoms with Crippen molar-refractivity contribution < 1.29 is 9.13 Å². The van der Waals surface area contributed by atoms with Gasteiger partial charge in [0.2, 0.25) is 0 Å². The van der Waals surface area contributed by atoms with Gasteiger partial charge in [0.05, 0.1) is 0 Å². The first-order valence-electron chi connectivity index (χ1n) is 6.80. The Labute approximate surface area is 119 Å². The molecule has 2 rings (SSSR count). The second-order valence-corrected chi connectivity index (χ2v) is 4.97. The number of rotatable bonds is 5. The van der Waals surface area contributed by atoms with E-state index in [2.05, 4.69) is 18.2 Å². The minimum Gasteiger partial charge on any atom is -0.483 e. The van der Waals surface area contributed by atoms with Crippen LogP contribution in [0.15, 0.2) is 42.5 Å². The summed E-state index contributed by atoms with van der Waals surface area (Å²) in [5.74, 6) is -0.0771. The number of para-hydroxylation sites is 1. The molecule has 0 aliphatic carbocycles.